The summed E-state index contributed by atoms with van der Waals surface area (Å²) >= 11 is 0. The molecule has 5 heteroatoms. The normalized spacial score (nSPS) is 11.1. The Kier molecular flexibility index (Phi) is 3.69. The molecule has 4 aromatic rings. The molecule has 0 unspecified atom stereocenters. The smallest absolute Gasteiger partial charge is 0.253 e. The van der Waals surface area contributed by atoms with Crippen molar-refractivity contribution < 1.29 is 0 Å². The van der Waals surface area contributed by atoms with E-state index in [1.807, 2.05) is 49.5 Å². The summed E-state index contributed by atoms with van der Waals surface area (Å²) in [4.78, 5) is 21.3. The third-order valence-corrected chi connectivity index (χ3v) is 4.31. The van der Waals surface area contributed by atoms with Crippen LogP contribution in [-0.2, 0) is 13.6 Å². The number of pyridine rings is 2. The molecule has 1 aromatic carbocycles. The van der Waals surface area contributed by atoms with Gasteiger partial charge in [0.1, 0.15) is 11.3 Å². The van der Waals surface area contributed by atoms with Crippen LogP contribution in [0.5, 0.6) is 0 Å². The molecule has 124 valence electrons. The van der Waals surface area contributed by atoms with Gasteiger partial charge >= 0.3 is 0 Å². The summed E-state index contributed by atoms with van der Waals surface area (Å²) in [7, 11) is 1.77. The molecule has 0 atom stereocenters. The zero-order chi connectivity index (χ0) is 17.4. The zero-order valence-corrected chi connectivity index (χ0v) is 14.2. The first-order valence-corrected chi connectivity index (χ1v) is 8.16. The maximum absolute atomic E-state index is 12.0. The Labute approximate surface area is 145 Å². The highest BCUT2D eigenvalue weighted by Gasteiger charge is 2.15. The highest BCUT2D eigenvalue weighted by atomic mass is 16.1. The van der Waals surface area contributed by atoms with Crippen LogP contribution >= 0.6 is 0 Å². The number of rotatable bonds is 3. The van der Waals surface area contributed by atoms with Gasteiger partial charge in [-0.1, -0.05) is 30.3 Å². The van der Waals surface area contributed by atoms with E-state index in [1.165, 1.54) is 5.56 Å². The number of hydrogen-bond acceptors (Lipinski definition) is 3. The van der Waals surface area contributed by atoms with Crippen LogP contribution in [0.4, 0.5) is 0 Å². The lowest BCUT2D eigenvalue weighted by Crippen LogP contribution is -2.18. The lowest BCUT2D eigenvalue weighted by atomic mass is 10.2. The molecular weight excluding hydrogens is 312 g/mol. The van der Waals surface area contributed by atoms with Crippen molar-refractivity contribution in [1.82, 2.24) is 19.1 Å². The fourth-order valence-electron chi connectivity index (χ4n) is 3.09. The SMILES string of the molecule is Cc1cc(-c2nc3cccnc3n2Cc2ccccc2)cn(C)c1=O. The minimum absolute atomic E-state index is 0.00703. The molecule has 0 saturated carbocycles. The van der Waals surface area contributed by atoms with Crippen LogP contribution in [-0.4, -0.2) is 19.1 Å². The van der Waals surface area contributed by atoms with Crippen molar-refractivity contribution >= 4 is 11.2 Å². The van der Waals surface area contributed by atoms with Crippen molar-refractivity contribution in [2.45, 2.75) is 13.5 Å². The Hall–Kier alpha value is -3.21. The van der Waals surface area contributed by atoms with Crippen molar-refractivity contribution in [3.8, 4) is 11.4 Å². The van der Waals surface area contributed by atoms with Crippen molar-refractivity contribution in [3.63, 3.8) is 0 Å². The first-order valence-electron chi connectivity index (χ1n) is 8.16. The summed E-state index contributed by atoms with van der Waals surface area (Å²) in [6.07, 6.45) is 3.61. The quantitative estimate of drug-likeness (QED) is 0.580. The van der Waals surface area contributed by atoms with E-state index in [-0.39, 0.29) is 5.56 Å². The number of aryl methyl sites for hydroxylation is 2. The van der Waals surface area contributed by atoms with E-state index in [9.17, 15) is 4.79 Å². The highest BCUT2D eigenvalue weighted by Crippen LogP contribution is 2.24. The third kappa shape index (κ3) is 2.74. The van der Waals surface area contributed by atoms with Crippen LogP contribution < -0.4 is 5.56 Å². The maximum atomic E-state index is 12.0. The second-order valence-corrected chi connectivity index (χ2v) is 6.18. The predicted molar refractivity (Wildman–Crippen MR) is 98.5 cm³/mol. The molecule has 0 aliphatic carbocycles. The van der Waals surface area contributed by atoms with Crippen LogP contribution in [0.1, 0.15) is 11.1 Å². The van der Waals surface area contributed by atoms with Gasteiger partial charge in [-0.05, 0) is 30.7 Å². The molecule has 5 nitrogen and oxygen atoms in total. The Balaban J connectivity index is 1.94. The molecule has 0 radical (unpaired) electrons. The van der Waals surface area contributed by atoms with Crippen LogP contribution in [0.3, 0.4) is 0 Å². The molecule has 3 heterocycles. The van der Waals surface area contributed by atoms with Gasteiger partial charge < -0.3 is 9.13 Å². The van der Waals surface area contributed by atoms with Crippen LogP contribution in [0.25, 0.3) is 22.6 Å². The minimum Gasteiger partial charge on any atom is -0.318 e. The number of benzene rings is 1. The molecule has 0 N–H and O–H groups in total. The lowest BCUT2D eigenvalue weighted by molar-refractivity contribution is 0.812. The molecule has 0 aliphatic rings. The molecule has 4 rings (SSSR count). The summed E-state index contributed by atoms with van der Waals surface area (Å²) in [5.74, 6) is 0.816. The molecular formula is C20H18N4O. The Bertz CT molecular complexity index is 1080. The van der Waals surface area contributed by atoms with Gasteiger partial charge in [0.25, 0.3) is 5.56 Å². The van der Waals surface area contributed by atoms with E-state index in [2.05, 4.69) is 21.7 Å². The lowest BCUT2D eigenvalue weighted by Gasteiger charge is -2.10. The van der Waals surface area contributed by atoms with E-state index in [0.29, 0.717) is 12.1 Å². The first-order chi connectivity index (χ1) is 12.1. The number of nitrogens with zero attached hydrogens (tertiary/aromatic N) is 4. The van der Waals surface area contributed by atoms with Crippen molar-refractivity contribution in [3.05, 3.63) is 82.4 Å². The summed E-state index contributed by atoms with van der Waals surface area (Å²) < 4.78 is 3.70. The predicted octanol–water partition coefficient (Wildman–Crippen LogP) is 3.15. The zero-order valence-electron chi connectivity index (χ0n) is 14.2. The molecule has 0 saturated heterocycles. The molecule has 0 spiro atoms. The van der Waals surface area contributed by atoms with Gasteiger partial charge in [0, 0.05) is 30.6 Å². The Morgan fingerprint density at radius 2 is 1.88 bits per heavy atom. The Morgan fingerprint density at radius 1 is 1.08 bits per heavy atom. The molecule has 0 aliphatic heterocycles. The maximum Gasteiger partial charge on any atom is 0.253 e. The second kappa shape index (κ2) is 6.02. The molecule has 0 bridgehead atoms. The van der Waals surface area contributed by atoms with E-state index in [1.54, 1.807) is 17.8 Å². The molecule has 3 aromatic heterocycles. The van der Waals surface area contributed by atoms with E-state index < -0.39 is 0 Å². The summed E-state index contributed by atoms with van der Waals surface area (Å²) in [5, 5.41) is 0. The summed E-state index contributed by atoms with van der Waals surface area (Å²) in [5.41, 5.74) is 4.48. The Morgan fingerprint density at radius 3 is 2.64 bits per heavy atom. The van der Waals surface area contributed by atoms with Gasteiger partial charge in [-0.25, -0.2) is 9.97 Å². The average molecular weight is 330 g/mol. The van der Waals surface area contributed by atoms with Crippen LogP contribution in [0.15, 0.2) is 65.7 Å². The second-order valence-electron chi connectivity index (χ2n) is 6.18. The average Bonchev–Trinajstić information content (AvgIpc) is 2.99. The van der Waals surface area contributed by atoms with Gasteiger partial charge in [-0.3, -0.25) is 4.79 Å². The van der Waals surface area contributed by atoms with Gasteiger partial charge in [0.15, 0.2) is 5.65 Å². The number of fused-ring (bicyclic) bond motifs is 1. The van der Waals surface area contributed by atoms with Gasteiger partial charge in [0.2, 0.25) is 0 Å². The standard InChI is InChI=1S/C20H18N4O/c1-14-11-16(13-23(2)20(14)25)18-22-17-9-6-10-21-19(17)24(18)12-15-7-4-3-5-8-15/h3-11,13H,12H2,1-2H3. The van der Waals surface area contributed by atoms with Crippen molar-refractivity contribution in [1.29, 1.82) is 0 Å². The van der Waals surface area contributed by atoms with Crippen molar-refractivity contribution in [2.24, 2.45) is 7.05 Å². The number of imidazole rings is 1. The highest BCUT2D eigenvalue weighted by molar-refractivity contribution is 5.77. The summed E-state index contributed by atoms with van der Waals surface area (Å²) in [6, 6.07) is 16.0. The van der Waals surface area contributed by atoms with Gasteiger partial charge in [-0.15, -0.1) is 0 Å². The van der Waals surface area contributed by atoms with Crippen molar-refractivity contribution in [2.75, 3.05) is 0 Å². The molecule has 0 amide bonds. The monoisotopic (exact) mass is 330 g/mol. The topological polar surface area (TPSA) is 52.7 Å². The fourth-order valence-corrected chi connectivity index (χ4v) is 3.09. The minimum atomic E-state index is 0.00703. The van der Waals surface area contributed by atoms with E-state index >= 15 is 0 Å². The van der Waals surface area contributed by atoms with E-state index in [4.69, 9.17) is 4.98 Å². The molecule has 0 fully saturated rings. The third-order valence-electron chi connectivity index (χ3n) is 4.31. The number of aromatic nitrogens is 4. The largest absolute Gasteiger partial charge is 0.318 e. The van der Waals surface area contributed by atoms with E-state index in [0.717, 1.165) is 22.6 Å². The summed E-state index contributed by atoms with van der Waals surface area (Å²) in [6.45, 7) is 2.50. The fraction of sp³-hybridized carbons (Fsp3) is 0.150. The first kappa shape index (κ1) is 15.3. The van der Waals surface area contributed by atoms with Crippen LogP contribution in [0.2, 0.25) is 0 Å². The number of hydrogen-bond donors (Lipinski definition) is 0. The molecule has 25 heavy (non-hydrogen) atoms. The van der Waals surface area contributed by atoms with Gasteiger partial charge in [-0.2, -0.15) is 0 Å². The van der Waals surface area contributed by atoms with Gasteiger partial charge in [0.05, 0.1) is 6.54 Å². The van der Waals surface area contributed by atoms with Crippen LogP contribution in [0, 0.1) is 6.92 Å².